The summed E-state index contributed by atoms with van der Waals surface area (Å²) in [6.07, 6.45) is 11.5. The maximum Gasteiger partial charge on any atom is 0.407 e. The lowest BCUT2D eigenvalue weighted by Gasteiger charge is -2.37. The Morgan fingerprint density at radius 1 is 0.864 bits per heavy atom. The second kappa shape index (κ2) is 18.1. The maximum absolute atomic E-state index is 14.4. The molecular formula is C53H67N7O6. The first-order valence-electron chi connectivity index (χ1n) is 24.7. The van der Waals surface area contributed by atoms with Crippen LogP contribution in [0.5, 0.6) is 0 Å². The van der Waals surface area contributed by atoms with E-state index >= 15 is 0 Å². The number of H-pyrrole nitrogens is 2. The lowest BCUT2D eigenvalue weighted by molar-refractivity contribution is -0.142. The number of amides is 3. The number of hydrogen-bond donors (Lipinski definition) is 3. The molecule has 0 radical (unpaired) electrons. The second-order valence-electron chi connectivity index (χ2n) is 20.9. The number of fused-ring (bicyclic) bond motifs is 4. The SMILES string of the molecule is COC(=O)N[C@H](C(=O)N1[C@H](c2nc3ccc4cc(-c5ccc(-c6cnc([C@@H]7C[C@@]8(CCCOC8)CN7C(=O)[C@@H](C)C7C[C@@H](C)O[C@H](C)C7)[nH]6)cc5)ccc4c3[nH]2)C[C@@H]2CCCC[C@@H]21)C(C)C. The average Bonchev–Trinajstić information content (AvgIpc) is 4.14. The van der Waals surface area contributed by atoms with Crippen LogP contribution in [0.15, 0.2) is 60.8 Å². The summed E-state index contributed by atoms with van der Waals surface area (Å²) in [6, 6.07) is 18.4. The van der Waals surface area contributed by atoms with Gasteiger partial charge in [0.1, 0.15) is 17.7 Å². The van der Waals surface area contributed by atoms with Gasteiger partial charge in [-0.1, -0.05) is 76.1 Å². The minimum absolute atomic E-state index is 0.0480. The van der Waals surface area contributed by atoms with Crippen molar-refractivity contribution in [2.24, 2.45) is 29.1 Å². The van der Waals surface area contributed by atoms with Crippen molar-refractivity contribution in [1.29, 1.82) is 0 Å². The minimum Gasteiger partial charge on any atom is -0.453 e. The molecule has 350 valence electrons. The normalized spacial score (nSPS) is 28.8. The van der Waals surface area contributed by atoms with Gasteiger partial charge in [-0.05, 0) is 117 Å². The Bertz CT molecular complexity index is 2570. The number of imidazole rings is 2. The highest BCUT2D eigenvalue weighted by molar-refractivity contribution is 6.05. The zero-order chi connectivity index (χ0) is 45.9. The molecule has 0 unspecified atom stereocenters. The van der Waals surface area contributed by atoms with Crippen LogP contribution in [0, 0.1) is 29.1 Å². The number of aromatic amines is 2. The van der Waals surface area contributed by atoms with E-state index in [4.69, 9.17) is 24.2 Å². The number of likely N-dealkylation sites (tertiary alicyclic amines) is 2. The van der Waals surface area contributed by atoms with E-state index in [2.05, 4.69) is 95.6 Å². The number of nitrogens with zero attached hydrogens (tertiary/aromatic N) is 4. The summed E-state index contributed by atoms with van der Waals surface area (Å²) in [6.45, 7) is 12.5. The molecule has 9 atom stereocenters. The van der Waals surface area contributed by atoms with Crippen molar-refractivity contribution in [2.75, 3.05) is 26.9 Å². The molecule has 5 aliphatic rings. The van der Waals surface area contributed by atoms with Crippen LogP contribution >= 0.6 is 0 Å². The fraction of sp³-hybridized carbons (Fsp3) is 0.566. The summed E-state index contributed by atoms with van der Waals surface area (Å²) in [7, 11) is 1.33. The first kappa shape index (κ1) is 44.6. The molecule has 0 bridgehead atoms. The lowest BCUT2D eigenvalue weighted by Crippen LogP contribution is -2.53. The quantitative estimate of drug-likeness (QED) is 0.132. The van der Waals surface area contributed by atoms with E-state index < -0.39 is 12.1 Å². The summed E-state index contributed by atoms with van der Waals surface area (Å²) < 4.78 is 17.0. The highest BCUT2D eigenvalue weighted by atomic mass is 16.5. The van der Waals surface area contributed by atoms with Gasteiger partial charge in [0, 0.05) is 35.9 Å². The Labute approximate surface area is 388 Å². The summed E-state index contributed by atoms with van der Waals surface area (Å²) >= 11 is 0. The van der Waals surface area contributed by atoms with Gasteiger partial charge in [0.2, 0.25) is 11.8 Å². The van der Waals surface area contributed by atoms with Crippen molar-refractivity contribution in [1.82, 2.24) is 35.1 Å². The van der Waals surface area contributed by atoms with Crippen molar-refractivity contribution in [3.05, 3.63) is 72.4 Å². The third-order valence-corrected chi connectivity index (χ3v) is 16.0. The molecule has 13 nitrogen and oxygen atoms in total. The average molecular weight is 898 g/mol. The number of ether oxygens (including phenoxy) is 3. The molecule has 4 saturated heterocycles. The van der Waals surface area contributed by atoms with Gasteiger partial charge in [0.15, 0.2) is 0 Å². The van der Waals surface area contributed by atoms with Gasteiger partial charge in [0.05, 0.1) is 60.9 Å². The summed E-state index contributed by atoms with van der Waals surface area (Å²) in [4.78, 5) is 62.8. The zero-order valence-electron chi connectivity index (χ0n) is 39.5. The fourth-order valence-corrected chi connectivity index (χ4v) is 12.6. The molecule has 10 rings (SSSR count). The first-order chi connectivity index (χ1) is 31.9. The molecule has 6 heterocycles. The molecule has 66 heavy (non-hydrogen) atoms. The fourth-order valence-electron chi connectivity index (χ4n) is 12.6. The molecule has 5 fully saturated rings. The Morgan fingerprint density at radius 3 is 2.36 bits per heavy atom. The molecule has 3 amide bonds. The molecule has 1 aliphatic carbocycles. The Hall–Kier alpha value is -5.27. The van der Waals surface area contributed by atoms with E-state index in [9.17, 15) is 14.4 Å². The zero-order valence-corrected chi connectivity index (χ0v) is 39.5. The summed E-state index contributed by atoms with van der Waals surface area (Å²) in [5, 5.41) is 5.00. The number of benzene rings is 3. The van der Waals surface area contributed by atoms with E-state index in [-0.39, 0.29) is 59.4 Å². The van der Waals surface area contributed by atoms with Gasteiger partial charge in [-0.15, -0.1) is 0 Å². The number of carbonyl (C=O) groups excluding carboxylic acids is 3. The number of rotatable bonds is 9. The van der Waals surface area contributed by atoms with Crippen LogP contribution in [0.1, 0.15) is 123 Å². The van der Waals surface area contributed by atoms with Gasteiger partial charge < -0.3 is 39.3 Å². The Morgan fingerprint density at radius 2 is 1.62 bits per heavy atom. The summed E-state index contributed by atoms with van der Waals surface area (Å²) in [5.74, 6) is 2.28. The summed E-state index contributed by atoms with van der Waals surface area (Å²) in [5.41, 5.74) is 5.96. The standard InChI is InChI=1S/C53H67N7O6/c1-30(2)46(58-52(63)64-6)51(62)60-43-11-8-7-10-38(43)25-44(60)49-55-41-19-17-37-24-36(16-18-40(37)47(41)57-49)34-12-14-35(15-13-34)42-27-54-48(56-42)45-26-53(20-9-21-65-29-53)28-59(45)50(61)33(5)39-22-31(3)66-32(4)23-39/h12-19,24,27,30-33,38-39,43-46H,7-11,20-23,25-26,28-29H2,1-6H3,(H,54,56)(H,55,57)(H,58,63)/t31-,32-,33+,38+,43+,44+,45+,46+,53+/m1/s1. The topological polar surface area (TPSA) is 155 Å². The molecular weight excluding hydrogens is 831 g/mol. The van der Waals surface area contributed by atoms with Crippen molar-refractivity contribution in [3.63, 3.8) is 0 Å². The third kappa shape index (κ3) is 8.39. The van der Waals surface area contributed by atoms with E-state index in [1.54, 1.807) is 0 Å². The predicted molar refractivity (Wildman–Crippen MR) is 254 cm³/mol. The number of carbonyl (C=O) groups is 3. The van der Waals surface area contributed by atoms with Crippen LogP contribution in [0.25, 0.3) is 44.2 Å². The molecule has 4 aliphatic heterocycles. The molecule has 3 N–H and O–H groups in total. The number of hydrogen-bond acceptors (Lipinski definition) is 8. The van der Waals surface area contributed by atoms with Crippen LogP contribution in [0.2, 0.25) is 0 Å². The predicted octanol–water partition coefficient (Wildman–Crippen LogP) is 9.90. The largest absolute Gasteiger partial charge is 0.453 e. The van der Waals surface area contributed by atoms with E-state index in [0.717, 1.165) is 120 Å². The van der Waals surface area contributed by atoms with Crippen molar-refractivity contribution in [2.45, 2.75) is 135 Å². The molecule has 1 spiro atoms. The molecule has 13 heteroatoms. The van der Waals surface area contributed by atoms with Crippen molar-refractivity contribution < 1.29 is 28.6 Å². The first-order valence-corrected chi connectivity index (χ1v) is 24.7. The van der Waals surface area contributed by atoms with Crippen molar-refractivity contribution >= 4 is 39.7 Å². The third-order valence-electron chi connectivity index (χ3n) is 16.0. The van der Waals surface area contributed by atoms with Crippen molar-refractivity contribution in [3.8, 4) is 22.4 Å². The van der Waals surface area contributed by atoms with Gasteiger partial charge in [-0.25, -0.2) is 14.8 Å². The Kier molecular flexibility index (Phi) is 12.2. The number of methoxy groups -OCH3 is 1. The van der Waals surface area contributed by atoms with Crippen LogP contribution in [0.4, 0.5) is 4.79 Å². The second-order valence-corrected chi connectivity index (χ2v) is 20.9. The number of alkyl carbamates (subject to hydrolysis) is 1. The maximum atomic E-state index is 14.4. The van der Waals surface area contributed by atoms with Gasteiger partial charge in [0.25, 0.3) is 0 Å². The van der Waals surface area contributed by atoms with E-state index in [1.165, 1.54) is 13.5 Å². The molecule has 5 aromatic rings. The Balaban J connectivity index is 0.879. The van der Waals surface area contributed by atoms with E-state index in [1.807, 2.05) is 24.9 Å². The van der Waals surface area contributed by atoms with E-state index in [0.29, 0.717) is 25.0 Å². The number of nitrogens with one attached hydrogen (secondary N) is 3. The van der Waals surface area contributed by atoms with Crippen LogP contribution < -0.4 is 5.32 Å². The highest BCUT2D eigenvalue weighted by Crippen LogP contribution is 2.49. The van der Waals surface area contributed by atoms with Crippen LogP contribution in [-0.4, -0.2) is 98.8 Å². The number of aromatic nitrogens is 4. The highest BCUT2D eigenvalue weighted by Gasteiger charge is 2.51. The van der Waals surface area contributed by atoms with Gasteiger partial charge in [-0.3, -0.25) is 9.59 Å². The molecule has 2 aromatic heterocycles. The smallest absolute Gasteiger partial charge is 0.407 e. The molecule has 3 aromatic carbocycles. The van der Waals surface area contributed by atoms with Gasteiger partial charge >= 0.3 is 6.09 Å². The van der Waals surface area contributed by atoms with Crippen LogP contribution in [0.3, 0.4) is 0 Å². The molecule has 1 saturated carbocycles. The van der Waals surface area contributed by atoms with Crippen LogP contribution in [-0.2, 0) is 23.8 Å². The minimum atomic E-state index is -0.690. The van der Waals surface area contributed by atoms with Gasteiger partial charge in [-0.2, -0.15) is 0 Å². The monoisotopic (exact) mass is 898 g/mol. The lowest BCUT2D eigenvalue weighted by atomic mass is 9.80.